The SMILES string of the molecule is Cc1cc(=O)oc2cc(Oc3ccc(S(=O)(=O)N4CCC(C)CC4)cc3[N+](=O)[O-])ccc12. The average molecular weight is 458 g/mol. The maximum atomic E-state index is 13.0. The molecule has 0 unspecified atom stereocenters. The van der Waals surface area contributed by atoms with Crippen molar-refractivity contribution in [2.45, 2.75) is 31.6 Å². The van der Waals surface area contributed by atoms with Gasteiger partial charge in [0.1, 0.15) is 11.3 Å². The number of sulfonamides is 1. The smallest absolute Gasteiger partial charge is 0.336 e. The van der Waals surface area contributed by atoms with Crippen LogP contribution < -0.4 is 10.4 Å². The van der Waals surface area contributed by atoms with Gasteiger partial charge in [0.05, 0.1) is 9.82 Å². The number of aryl methyl sites for hydroxylation is 1. The predicted octanol–water partition coefficient (Wildman–Crippen LogP) is 4.22. The first kappa shape index (κ1) is 22.0. The summed E-state index contributed by atoms with van der Waals surface area (Å²) in [6, 6.07) is 9.72. The Morgan fingerprint density at radius 2 is 1.84 bits per heavy atom. The zero-order chi connectivity index (χ0) is 23.0. The molecule has 1 aromatic heterocycles. The fourth-order valence-electron chi connectivity index (χ4n) is 3.76. The highest BCUT2D eigenvalue weighted by Gasteiger charge is 2.30. The molecule has 0 atom stereocenters. The number of rotatable bonds is 5. The maximum Gasteiger partial charge on any atom is 0.336 e. The van der Waals surface area contributed by atoms with Crippen LogP contribution in [-0.4, -0.2) is 30.7 Å². The summed E-state index contributed by atoms with van der Waals surface area (Å²) in [4.78, 5) is 22.5. The zero-order valence-corrected chi connectivity index (χ0v) is 18.4. The summed E-state index contributed by atoms with van der Waals surface area (Å²) in [5, 5.41) is 12.4. The van der Waals surface area contributed by atoms with Gasteiger partial charge in [-0.2, -0.15) is 4.31 Å². The van der Waals surface area contributed by atoms with Crippen LogP contribution >= 0.6 is 0 Å². The van der Waals surface area contributed by atoms with Crippen LogP contribution in [0.4, 0.5) is 5.69 Å². The van der Waals surface area contributed by atoms with Crippen molar-refractivity contribution >= 4 is 26.7 Å². The van der Waals surface area contributed by atoms with E-state index in [1.165, 1.54) is 28.6 Å². The van der Waals surface area contributed by atoms with Crippen LogP contribution in [0.2, 0.25) is 0 Å². The molecule has 1 aliphatic heterocycles. The first-order valence-electron chi connectivity index (χ1n) is 10.2. The van der Waals surface area contributed by atoms with Gasteiger partial charge in [0, 0.05) is 36.7 Å². The number of nitro benzene ring substituents is 1. The fourth-order valence-corrected chi connectivity index (χ4v) is 5.25. The molecule has 32 heavy (non-hydrogen) atoms. The van der Waals surface area contributed by atoms with Gasteiger partial charge in [0.15, 0.2) is 0 Å². The Labute approximate surface area is 184 Å². The number of nitrogens with zero attached hydrogens (tertiary/aromatic N) is 2. The Bertz CT molecular complexity index is 1360. The van der Waals surface area contributed by atoms with Gasteiger partial charge in [-0.15, -0.1) is 0 Å². The highest BCUT2D eigenvalue weighted by atomic mass is 32.2. The summed E-state index contributed by atoms with van der Waals surface area (Å²) in [6.07, 6.45) is 1.50. The van der Waals surface area contributed by atoms with Crippen LogP contribution in [0.25, 0.3) is 11.0 Å². The van der Waals surface area contributed by atoms with Crippen molar-refractivity contribution in [3.8, 4) is 11.5 Å². The van der Waals surface area contributed by atoms with E-state index in [4.69, 9.17) is 9.15 Å². The molecule has 2 heterocycles. The van der Waals surface area contributed by atoms with Crippen molar-refractivity contribution in [3.05, 3.63) is 68.6 Å². The number of benzene rings is 2. The molecule has 4 rings (SSSR count). The van der Waals surface area contributed by atoms with E-state index < -0.39 is 26.3 Å². The highest BCUT2D eigenvalue weighted by molar-refractivity contribution is 7.89. The van der Waals surface area contributed by atoms with E-state index in [9.17, 15) is 23.3 Å². The molecule has 1 aliphatic rings. The van der Waals surface area contributed by atoms with E-state index in [1.54, 1.807) is 19.1 Å². The van der Waals surface area contributed by atoms with Gasteiger partial charge in [-0.3, -0.25) is 10.1 Å². The van der Waals surface area contributed by atoms with Gasteiger partial charge in [0.2, 0.25) is 15.8 Å². The number of fused-ring (bicyclic) bond motifs is 1. The quantitative estimate of drug-likeness (QED) is 0.319. The lowest BCUT2D eigenvalue weighted by atomic mass is 10.0. The number of hydrogen-bond donors (Lipinski definition) is 0. The van der Waals surface area contributed by atoms with Gasteiger partial charge >= 0.3 is 11.3 Å². The summed E-state index contributed by atoms with van der Waals surface area (Å²) < 4.78 is 38.2. The summed E-state index contributed by atoms with van der Waals surface area (Å²) in [5.74, 6) is 0.548. The molecule has 2 aromatic carbocycles. The predicted molar refractivity (Wildman–Crippen MR) is 118 cm³/mol. The second-order valence-electron chi connectivity index (χ2n) is 7.98. The molecule has 10 heteroatoms. The Morgan fingerprint density at radius 3 is 2.53 bits per heavy atom. The van der Waals surface area contributed by atoms with Crippen LogP contribution in [0, 0.1) is 23.0 Å². The van der Waals surface area contributed by atoms with Crippen molar-refractivity contribution in [3.63, 3.8) is 0 Å². The maximum absolute atomic E-state index is 13.0. The second kappa shape index (κ2) is 8.36. The van der Waals surface area contributed by atoms with Gasteiger partial charge in [0.25, 0.3) is 0 Å². The van der Waals surface area contributed by atoms with Gasteiger partial charge in [-0.25, -0.2) is 13.2 Å². The monoisotopic (exact) mass is 458 g/mol. The third-order valence-electron chi connectivity index (χ3n) is 5.66. The topological polar surface area (TPSA) is 120 Å². The minimum atomic E-state index is -3.85. The molecular formula is C22H22N2O7S. The molecule has 168 valence electrons. The van der Waals surface area contributed by atoms with Gasteiger partial charge in [-0.05, 0) is 55.5 Å². The van der Waals surface area contributed by atoms with Crippen molar-refractivity contribution in [2.24, 2.45) is 5.92 Å². The largest absolute Gasteiger partial charge is 0.450 e. The van der Waals surface area contributed by atoms with Crippen molar-refractivity contribution < 1.29 is 22.5 Å². The first-order valence-corrected chi connectivity index (χ1v) is 11.6. The average Bonchev–Trinajstić information content (AvgIpc) is 2.73. The second-order valence-corrected chi connectivity index (χ2v) is 9.92. The molecule has 9 nitrogen and oxygen atoms in total. The molecule has 0 spiro atoms. The molecule has 0 radical (unpaired) electrons. The Hall–Kier alpha value is -3.24. The number of hydrogen-bond acceptors (Lipinski definition) is 7. The third kappa shape index (κ3) is 4.23. The van der Waals surface area contributed by atoms with E-state index in [2.05, 4.69) is 6.92 Å². The standard InChI is InChI=1S/C22H22N2O7S/c1-14-7-9-23(10-8-14)32(28,29)17-4-6-20(19(13-17)24(26)27)30-16-3-5-18-15(2)11-22(25)31-21(18)12-16/h3-6,11-14H,7-10H2,1-2H3. The van der Waals surface area contributed by atoms with Gasteiger partial charge in [-0.1, -0.05) is 6.92 Å². The Morgan fingerprint density at radius 1 is 1.12 bits per heavy atom. The van der Waals surface area contributed by atoms with E-state index in [-0.39, 0.29) is 22.0 Å². The van der Waals surface area contributed by atoms with E-state index >= 15 is 0 Å². The van der Waals surface area contributed by atoms with Gasteiger partial charge < -0.3 is 9.15 Å². The summed E-state index contributed by atoms with van der Waals surface area (Å²) in [6.45, 7) is 4.61. The molecule has 0 aliphatic carbocycles. The zero-order valence-electron chi connectivity index (χ0n) is 17.6. The Balaban J connectivity index is 1.68. The van der Waals surface area contributed by atoms with E-state index in [0.29, 0.717) is 24.4 Å². The Kier molecular flexibility index (Phi) is 5.74. The van der Waals surface area contributed by atoms with Crippen LogP contribution in [0.1, 0.15) is 25.3 Å². The van der Waals surface area contributed by atoms with Crippen molar-refractivity contribution in [1.82, 2.24) is 4.31 Å². The molecule has 3 aromatic rings. The lowest BCUT2D eigenvalue weighted by molar-refractivity contribution is -0.385. The van der Waals surface area contributed by atoms with Crippen LogP contribution in [0.3, 0.4) is 0 Å². The molecule has 1 fully saturated rings. The number of piperidine rings is 1. The molecule has 0 bridgehead atoms. The minimum absolute atomic E-state index is 0.115. The summed E-state index contributed by atoms with van der Waals surface area (Å²) in [7, 11) is -3.85. The fraction of sp³-hybridized carbons (Fsp3) is 0.318. The normalized spacial score (nSPS) is 15.7. The first-order chi connectivity index (χ1) is 15.1. The van der Waals surface area contributed by atoms with E-state index in [0.717, 1.165) is 24.5 Å². The van der Waals surface area contributed by atoms with Crippen LogP contribution in [0.5, 0.6) is 11.5 Å². The lowest BCUT2D eigenvalue weighted by Crippen LogP contribution is -2.37. The minimum Gasteiger partial charge on any atom is -0.450 e. The molecular weight excluding hydrogens is 436 g/mol. The molecule has 0 saturated carbocycles. The number of ether oxygens (including phenoxy) is 1. The van der Waals surface area contributed by atoms with Crippen LogP contribution in [-0.2, 0) is 10.0 Å². The van der Waals surface area contributed by atoms with E-state index in [1.807, 2.05) is 0 Å². The van der Waals surface area contributed by atoms with Crippen LogP contribution in [0.15, 0.2) is 56.6 Å². The summed E-state index contributed by atoms with van der Waals surface area (Å²) >= 11 is 0. The summed E-state index contributed by atoms with van der Waals surface area (Å²) in [5.41, 5.74) is 0.0335. The third-order valence-corrected chi connectivity index (χ3v) is 7.55. The van der Waals surface area contributed by atoms with Crippen molar-refractivity contribution in [1.29, 1.82) is 0 Å². The number of nitro groups is 1. The molecule has 1 saturated heterocycles. The highest BCUT2D eigenvalue weighted by Crippen LogP contribution is 2.35. The lowest BCUT2D eigenvalue weighted by Gasteiger charge is -2.29. The molecule has 0 amide bonds. The molecule has 0 N–H and O–H groups in total. The van der Waals surface area contributed by atoms with Crippen molar-refractivity contribution in [2.75, 3.05) is 13.1 Å².